The van der Waals surface area contributed by atoms with Gasteiger partial charge in [-0.05, 0) is 73.4 Å². The monoisotopic (exact) mass is 562 g/mol. The molecule has 0 saturated heterocycles. The maximum absolute atomic E-state index is 13.6. The zero-order valence-corrected chi connectivity index (χ0v) is 22.5. The third-order valence-corrected chi connectivity index (χ3v) is 8.58. The first-order chi connectivity index (χ1) is 17.7. The zero-order chi connectivity index (χ0) is 26.2. The summed E-state index contributed by atoms with van der Waals surface area (Å²) in [4.78, 5) is 23.6. The molecule has 196 valence electrons. The molecule has 3 heterocycles. The van der Waals surface area contributed by atoms with Gasteiger partial charge < -0.3 is 10.1 Å². The minimum absolute atomic E-state index is 0.0213. The lowest BCUT2D eigenvalue weighted by Gasteiger charge is -2.26. The van der Waals surface area contributed by atoms with E-state index in [0.717, 1.165) is 35.3 Å². The molecule has 0 amide bonds. The fourth-order valence-corrected chi connectivity index (χ4v) is 6.59. The highest BCUT2D eigenvalue weighted by molar-refractivity contribution is 7.84. The molecule has 37 heavy (non-hydrogen) atoms. The number of aryl methyl sites for hydroxylation is 1. The van der Waals surface area contributed by atoms with Crippen molar-refractivity contribution in [2.45, 2.75) is 44.8 Å². The average molecular weight is 563 g/mol. The van der Waals surface area contributed by atoms with E-state index in [2.05, 4.69) is 15.3 Å². The number of carbonyl (C=O) groups is 1. The van der Waals surface area contributed by atoms with Crippen molar-refractivity contribution in [3.8, 4) is 0 Å². The van der Waals surface area contributed by atoms with Crippen LogP contribution in [0.25, 0.3) is 0 Å². The van der Waals surface area contributed by atoms with Gasteiger partial charge in [0.15, 0.2) is 0 Å². The highest BCUT2D eigenvalue weighted by atomic mass is 35.5. The van der Waals surface area contributed by atoms with Crippen molar-refractivity contribution in [3.05, 3.63) is 73.8 Å². The highest BCUT2D eigenvalue weighted by Gasteiger charge is 2.30. The first-order valence-corrected chi connectivity index (χ1v) is 14.6. The van der Waals surface area contributed by atoms with Gasteiger partial charge in [0.2, 0.25) is 5.78 Å². The number of hydrogen-bond donors (Lipinski definition) is 2. The lowest BCUT2D eigenvalue weighted by Crippen LogP contribution is -2.22. The molecule has 1 aromatic carbocycles. The second kappa shape index (κ2) is 10.8. The number of hydrogen-bond acceptors (Lipinski definition) is 9. The summed E-state index contributed by atoms with van der Waals surface area (Å²) in [5.41, 5.74) is 3.57. The molecule has 1 unspecified atom stereocenters. The van der Waals surface area contributed by atoms with Crippen LogP contribution < -0.4 is 10.5 Å². The van der Waals surface area contributed by atoms with E-state index in [-0.39, 0.29) is 30.5 Å². The number of rotatable bonds is 8. The topological polar surface area (TPSA) is 133 Å². The Bertz CT molecular complexity index is 1430. The van der Waals surface area contributed by atoms with Crippen molar-refractivity contribution < 1.29 is 22.1 Å². The standard InChI is InChI=1S/C25H27ClN4O5S2/c1-14-19(24-20-9-17(26)4-3-16(20)6-7-34-24)10-22(36-14)23(31)21-11-28-13-29-25(21)30-18-5-2-15(8-18)12-35-37(27,32)33/h3-4,9-11,13,15,18,24H,2,5-8,12H2,1H3,(H2,27,32,33)(H,28,29,30)/t15-,18+,24?/m1/s1. The molecular weight excluding hydrogens is 536 g/mol. The molecule has 1 saturated carbocycles. The summed E-state index contributed by atoms with van der Waals surface area (Å²) in [7, 11) is -3.97. The SMILES string of the molecule is Cc1sc(C(=O)c2cncnc2N[C@H]2CC[C@@H](COS(N)(=O)=O)C2)cc1C1OCCc2ccc(Cl)cc21. The number of nitrogens with zero attached hydrogens (tertiary/aromatic N) is 2. The Morgan fingerprint density at radius 2 is 2.14 bits per heavy atom. The quantitative estimate of drug-likeness (QED) is 0.390. The van der Waals surface area contributed by atoms with E-state index < -0.39 is 10.3 Å². The van der Waals surface area contributed by atoms with Crippen LogP contribution in [0.3, 0.4) is 0 Å². The average Bonchev–Trinajstić information content (AvgIpc) is 3.48. The van der Waals surface area contributed by atoms with Crippen LogP contribution in [0.1, 0.15) is 62.2 Å². The number of fused-ring (bicyclic) bond motifs is 1. The van der Waals surface area contributed by atoms with Crippen molar-refractivity contribution >= 4 is 44.8 Å². The minimum atomic E-state index is -3.97. The fraction of sp³-hybridized carbons (Fsp3) is 0.400. The Hall–Kier alpha value is -2.41. The van der Waals surface area contributed by atoms with E-state index in [1.807, 2.05) is 31.2 Å². The van der Waals surface area contributed by atoms with Crippen LogP contribution in [0, 0.1) is 12.8 Å². The van der Waals surface area contributed by atoms with Gasteiger partial charge in [-0.1, -0.05) is 17.7 Å². The Balaban J connectivity index is 1.34. The summed E-state index contributed by atoms with van der Waals surface area (Å²) >= 11 is 7.69. The zero-order valence-electron chi connectivity index (χ0n) is 20.1. The molecule has 3 atom stereocenters. The predicted molar refractivity (Wildman–Crippen MR) is 141 cm³/mol. The van der Waals surface area contributed by atoms with E-state index in [1.54, 1.807) is 0 Å². The Morgan fingerprint density at radius 3 is 2.95 bits per heavy atom. The van der Waals surface area contributed by atoms with Crippen molar-refractivity contribution in [2.75, 3.05) is 18.5 Å². The molecule has 0 bridgehead atoms. The van der Waals surface area contributed by atoms with Crippen molar-refractivity contribution in [1.82, 2.24) is 9.97 Å². The normalized spacial score (nSPS) is 21.5. The van der Waals surface area contributed by atoms with Crippen LogP contribution in [-0.2, 0) is 25.6 Å². The Morgan fingerprint density at radius 1 is 1.30 bits per heavy atom. The summed E-state index contributed by atoms with van der Waals surface area (Å²) in [6.07, 6.45) is 5.72. The molecule has 3 N–H and O–H groups in total. The smallest absolute Gasteiger partial charge is 0.333 e. The van der Waals surface area contributed by atoms with Gasteiger partial charge in [0.1, 0.15) is 18.2 Å². The third-order valence-electron chi connectivity index (χ3n) is 6.82. The maximum Gasteiger partial charge on any atom is 0.333 e. The summed E-state index contributed by atoms with van der Waals surface area (Å²) < 4.78 is 33.1. The van der Waals surface area contributed by atoms with E-state index in [0.29, 0.717) is 34.3 Å². The van der Waals surface area contributed by atoms with E-state index in [9.17, 15) is 13.2 Å². The minimum Gasteiger partial charge on any atom is -0.368 e. The molecule has 0 radical (unpaired) electrons. The second-order valence-electron chi connectivity index (χ2n) is 9.38. The highest BCUT2D eigenvalue weighted by Crippen LogP contribution is 2.39. The number of nitrogens with one attached hydrogen (secondary N) is 1. The summed E-state index contributed by atoms with van der Waals surface area (Å²) in [6.45, 7) is 2.63. The number of ether oxygens (including phenoxy) is 1. The molecule has 3 aromatic rings. The van der Waals surface area contributed by atoms with Gasteiger partial charge in [-0.15, -0.1) is 11.3 Å². The number of benzene rings is 1. The number of carbonyl (C=O) groups excluding carboxylic acids is 1. The molecular formula is C25H27ClN4O5S2. The molecule has 0 spiro atoms. The summed E-state index contributed by atoms with van der Waals surface area (Å²) in [5, 5.41) is 8.94. The number of ketones is 1. The van der Waals surface area contributed by atoms with Gasteiger partial charge >= 0.3 is 10.3 Å². The number of aromatic nitrogens is 2. The fourth-order valence-electron chi connectivity index (χ4n) is 5.03. The lowest BCUT2D eigenvalue weighted by atomic mass is 9.93. The Kier molecular flexibility index (Phi) is 7.62. The van der Waals surface area contributed by atoms with Crippen LogP contribution in [0.4, 0.5) is 5.82 Å². The van der Waals surface area contributed by atoms with Crippen LogP contribution >= 0.6 is 22.9 Å². The van der Waals surface area contributed by atoms with Crippen LogP contribution in [0.5, 0.6) is 0 Å². The predicted octanol–water partition coefficient (Wildman–Crippen LogP) is 4.19. The largest absolute Gasteiger partial charge is 0.368 e. The molecule has 5 rings (SSSR count). The first kappa shape index (κ1) is 26.2. The van der Waals surface area contributed by atoms with Crippen molar-refractivity contribution in [1.29, 1.82) is 0 Å². The van der Waals surface area contributed by atoms with E-state index in [4.69, 9.17) is 25.7 Å². The van der Waals surface area contributed by atoms with Crippen LogP contribution in [0.15, 0.2) is 36.8 Å². The molecule has 1 aliphatic carbocycles. The summed E-state index contributed by atoms with van der Waals surface area (Å²) in [6, 6.07) is 7.79. The van der Waals surface area contributed by atoms with Crippen molar-refractivity contribution in [3.63, 3.8) is 0 Å². The summed E-state index contributed by atoms with van der Waals surface area (Å²) in [5.74, 6) is 0.333. The molecule has 9 nitrogen and oxygen atoms in total. The van der Waals surface area contributed by atoms with Gasteiger partial charge in [0.05, 0.1) is 23.7 Å². The Labute approximate surface area is 224 Å². The van der Waals surface area contributed by atoms with E-state index in [1.165, 1.54) is 29.4 Å². The van der Waals surface area contributed by atoms with Crippen molar-refractivity contribution in [2.24, 2.45) is 11.1 Å². The number of halogens is 1. The van der Waals surface area contributed by atoms with Gasteiger partial charge in [0.25, 0.3) is 0 Å². The number of nitrogens with two attached hydrogens (primary N) is 1. The van der Waals surface area contributed by atoms with E-state index >= 15 is 0 Å². The molecule has 1 aliphatic heterocycles. The van der Waals surface area contributed by atoms with Gasteiger partial charge in [0, 0.05) is 22.1 Å². The molecule has 2 aliphatic rings. The van der Waals surface area contributed by atoms with Gasteiger partial charge in [-0.2, -0.15) is 8.42 Å². The third kappa shape index (κ3) is 6.02. The molecule has 12 heteroatoms. The number of thiophene rings is 1. The lowest BCUT2D eigenvalue weighted by molar-refractivity contribution is 0.0697. The van der Waals surface area contributed by atoms with Gasteiger partial charge in [-0.25, -0.2) is 15.1 Å². The molecule has 2 aromatic heterocycles. The second-order valence-corrected chi connectivity index (χ2v) is 12.3. The molecule has 1 fully saturated rings. The van der Waals surface area contributed by atoms with Crippen LogP contribution in [-0.4, -0.2) is 43.4 Å². The first-order valence-electron chi connectivity index (χ1n) is 12.0. The maximum atomic E-state index is 13.6. The number of anilines is 1. The van der Waals surface area contributed by atoms with Crippen LogP contribution in [0.2, 0.25) is 5.02 Å². The van der Waals surface area contributed by atoms with Gasteiger partial charge in [-0.3, -0.25) is 8.98 Å².